The molecule has 0 aliphatic carbocycles. The number of thiocarbonyl (C=S) groups is 1. The predicted octanol–water partition coefficient (Wildman–Crippen LogP) is 6.22. The van der Waals surface area contributed by atoms with E-state index in [-0.39, 0.29) is 16.9 Å². The third kappa shape index (κ3) is 7.07. The zero-order chi connectivity index (χ0) is 24.5. The molecule has 0 aromatic heterocycles. The fourth-order valence-electron chi connectivity index (χ4n) is 3.18. The lowest BCUT2D eigenvalue weighted by molar-refractivity contribution is -0.115. The first-order valence-electron chi connectivity index (χ1n) is 10.8. The van der Waals surface area contributed by atoms with Crippen LogP contribution >= 0.6 is 24.0 Å². The van der Waals surface area contributed by atoms with Crippen molar-refractivity contribution in [3.05, 3.63) is 78.4 Å². The minimum absolute atomic E-state index is 0.0172. The lowest BCUT2D eigenvalue weighted by atomic mass is 10.1. The molecule has 3 aromatic rings. The molecular weight excluding hydrogens is 466 g/mol. The summed E-state index contributed by atoms with van der Waals surface area (Å²) in [6.45, 7) is 3.52. The molecule has 0 heterocycles. The Bertz CT molecular complexity index is 1170. The lowest BCUT2D eigenvalue weighted by Gasteiger charge is -2.17. The van der Waals surface area contributed by atoms with Crippen LogP contribution in [0.15, 0.2) is 77.7 Å². The highest BCUT2D eigenvalue weighted by molar-refractivity contribution is 8.00. The van der Waals surface area contributed by atoms with E-state index < -0.39 is 0 Å². The highest BCUT2D eigenvalue weighted by Crippen LogP contribution is 2.30. The zero-order valence-electron chi connectivity index (χ0n) is 19.3. The van der Waals surface area contributed by atoms with Crippen LogP contribution in [-0.4, -0.2) is 29.2 Å². The van der Waals surface area contributed by atoms with Gasteiger partial charge in [0.15, 0.2) is 10.9 Å². The third-order valence-electron chi connectivity index (χ3n) is 4.95. The molecule has 0 bridgehead atoms. The van der Waals surface area contributed by atoms with Crippen LogP contribution in [0.1, 0.15) is 30.6 Å². The van der Waals surface area contributed by atoms with E-state index in [2.05, 4.69) is 16.0 Å². The van der Waals surface area contributed by atoms with Gasteiger partial charge in [0, 0.05) is 21.8 Å². The standard InChI is InChI=1S/C26H27N3O3S2/c1-4-24(25(31)29-22-10-5-6-11-23(22)32-3)34-21-9-7-8-20(16-21)28-26(33)27-19-14-12-18(13-15-19)17(2)30/h5-16,24H,4H2,1-3H3,(H,29,31)(H2,27,28,33). The Kier molecular flexibility index (Phi) is 9.07. The molecule has 0 saturated carbocycles. The van der Waals surface area contributed by atoms with Gasteiger partial charge in [-0.25, -0.2) is 0 Å². The number of hydrogen-bond acceptors (Lipinski definition) is 5. The predicted molar refractivity (Wildman–Crippen MR) is 144 cm³/mol. The SMILES string of the molecule is CCC(Sc1cccc(NC(=S)Nc2ccc(C(C)=O)cc2)c1)C(=O)Nc1ccccc1OC. The van der Waals surface area contributed by atoms with Crippen LogP contribution in [0.4, 0.5) is 17.1 Å². The van der Waals surface area contributed by atoms with Crippen molar-refractivity contribution in [2.24, 2.45) is 0 Å². The summed E-state index contributed by atoms with van der Waals surface area (Å²) >= 11 is 6.91. The van der Waals surface area contributed by atoms with Gasteiger partial charge in [-0.05, 0) is 80.2 Å². The maximum Gasteiger partial charge on any atom is 0.237 e. The van der Waals surface area contributed by atoms with Crippen LogP contribution in [0.2, 0.25) is 0 Å². The van der Waals surface area contributed by atoms with Gasteiger partial charge in [-0.3, -0.25) is 9.59 Å². The van der Waals surface area contributed by atoms with Crippen molar-refractivity contribution in [3.8, 4) is 5.75 Å². The first-order chi connectivity index (χ1) is 16.4. The number of ketones is 1. The van der Waals surface area contributed by atoms with E-state index in [1.54, 1.807) is 19.2 Å². The summed E-state index contributed by atoms with van der Waals surface area (Å²) in [5.74, 6) is 0.559. The number of carbonyl (C=O) groups is 2. The Balaban J connectivity index is 1.61. The van der Waals surface area contributed by atoms with Crippen molar-refractivity contribution in [2.75, 3.05) is 23.1 Å². The van der Waals surface area contributed by atoms with Crippen molar-refractivity contribution < 1.29 is 14.3 Å². The molecule has 0 aliphatic rings. The van der Waals surface area contributed by atoms with Crippen LogP contribution < -0.4 is 20.7 Å². The average molecular weight is 494 g/mol. The summed E-state index contributed by atoms with van der Waals surface area (Å²) < 4.78 is 5.33. The second kappa shape index (κ2) is 12.2. The molecule has 1 atom stereocenters. The summed E-state index contributed by atoms with van der Waals surface area (Å²) in [7, 11) is 1.58. The Labute approximate surface area is 209 Å². The molecule has 0 radical (unpaired) electrons. The van der Waals surface area contributed by atoms with Gasteiger partial charge < -0.3 is 20.7 Å². The summed E-state index contributed by atoms with van der Waals surface area (Å²) in [5, 5.41) is 9.40. The minimum atomic E-state index is -0.273. The van der Waals surface area contributed by atoms with Crippen molar-refractivity contribution >= 4 is 57.8 Å². The van der Waals surface area contributed by atoms with E-state index in [0.29, 0.717) is 28.5 Å². The fraction of sp³-hybridized carbons (Fsp3) is 0.192. The van der Waals surface area contributed by atoms with Gasteiger partial charge in [0.05, 0.1) is 18.0 Å². The van der Waals surface area contributed by atoms with Gasteiger partial charge in [-0.2, -0.15) is 0 Å². The quantitative estimate of drug-likeness (QED) is 0.186. The summed E-state index contributed by atoms with van der Waals surface area (Å²) in [6.07, 6.45) is 0.666. The van der Waals surface area contributed by atoms with Crippen molar-refractivity contribution in [1.82, 2.24) is 0 Å². The molecule has 0 spiro atoms. The number of ether oxygens (including phenoxy) is 1. The van der Waals surface area contributed by atoms with Gasteiger partial charge >= 0.3 is 0 Å². The lowest BCUT2D eigenvalue weighted by Crippen LogP contribution is -2.24. The van der Waals surface area contributed by atoms with Gasteiger partial charge in [0.2, 0.25) is 5.91 Å². The molecule has 0 saturated heterocycles. The number of para-hydroxylation sites is 2. The van der Waals surface area contributed by atoms with Crippen LogP contribution in [0, 0.1) is 0 Å². The number of thioether (sulfide) groups is 1. The van der Waals surface area contributed by atoms with Crippen molar-refractivity contribution in [1.29, 1.82) is 0 Å². The monoisotopic (exact) mass is 493 g/mol. The van der Waals surface area contributed by atoms with E-state index in [1.165, 1.54) is 18.7 Å². The Morgan fingerprint density at radius 1 is 0.941 bits per heavy atom. The van der Waals surface area contributed by atoms with E-state index in [4.69, 9.17) is 17.0 Å². The van der Waals surface area contributed by atoms with Crippen molar-refractivity contribution in [2.45, 2.75) is 30.4 Å². The third-order valence-corrected chi connectivity index (χ3v) is 6.51. The van der Waals surface area contributed by atoms with Crippen molar-refractivity contribution in [3.63, 3.8) is 0 Å². The molecule has 176 valence electrons. The number of nitrogens with one attached hydrogen (secondary N) is 3. The number of benzene rings is 3. The van der Waals surface area contributed by atoms with Gasteiger partial charge in [0.25, 0.3) is 0 Å². The van der Waals surface area contributed by atoms with Crippen LogP contribution in [0.3, 0.4) is 0 Å². The summed E-state index contributed by atoms with van der Waals surface area (Å²) in [5.41, 5.74) is 2.89. The number of hydrogen-bond donors (Lipinski definition) is 3. The minimum Gasteiger partial charge on any atom is -0.495 e. The molecule has 3 N–H and O–H groups in total. The van der Waals surface area contributed by atoms with E-state index >= 15 is 0 Å². The molecule has 1 unspecified atom stereocenters. The highest BCUT2D eigenvalue weighted by Gasteiger charge is 2.19. The van der Waals surface area contributed by atoms with Gasteiger partial charge in [-0.15, -0.1) is 11.8 Å². The molecular formula is C26H27N3O3S2. The smallest absolute Gasteiger partial charge is 0.237 e. The maximum absolute atomic E-state index is 12.9. The number of carbonyl (C=O) groups excluding carboxylic acids is 2. The number of amides is 1. The van der Waals surface area contributed by atoms with Crippen LogP contribution in [-0.2, 0) is 4.79 Å². The number of methoxy groups -OCH3 is 1. The Hall–Kier alpha value is -3.36. The first-order valence-corrected chi connectivity index (χ1v) is 12.1. The van der Waals surface area contributed by atoms with E-state index in [9.17, 15) is 9.59 Å². The van der Waals surface area contributed by atoms with Gasteiger partial charge in [0.1, 0.15) is 5.75 Å². The number of rotatable bonds is 9. The topological polar surface area (TPSA) is 79.5 Å². The largest absolute Gasteiger partial charge is 0.495 e. The first kappa shape index (κ1) is 25.3. The molecule has 8 heteroatoms. The Morgan fingerprint density at radius 2 is 1.65 bits per heavy atom. The molecule has 0 fully saturated rings. The number of anilines is 3. The highest BCUT2D eigenvalue weighted by atomic mass is 32.2. The summed E-state index contributed by atoms with van der Waals surface area (Å²) in [6, 6.07) is 22.2. The maximum atomic E-state index is 12.9. The second-order valence-electron chi connectivity index (χ2n) is 7.44. The fourth-order valence-corrected chi connectivity index (χ4v) is 4.43. The van der Waals surface area contributed by atoms with E-state index in [1.807, 2.05) is 67.6 Å². The van der Waals surface area contributed by atoms with Gasteiger partial charge in [-0.1, -0.05) is 25.1 Å². The van der Waals surface area contributed by atoms with Crippen LogP contribution in [0.25, 0.3) is 0 Å². The zero-order valence-corrected chi connectivity index (χ0v) is 20.9. The molecule has 3 aromatic carbocycles. The number of Topliss-reactive ketones (excluding diaryl/α,β-unsaturated/α-hetero) is 1. The molecule has 3 rings (SSSR count). The van der Waals surface area contributed by atoms with Crippen LogP contribution in [0.5, 0.6) is 5.75 Å². The average Bonchev–Trinajstić information content (AvgIpc) is 2.83. The Morgan fingerprint density at radius 3 is 2.32 bits per heavy atom. The normalized spacial score (nSPS) is 11.3. The molecule has 0 aliphatic heterocycles. The molecule has 34 heavy (non-hydrogen) atoms. The molecule has 6 nitrogen and oxygen atoms in total. The summed E-state index contributed by atoms with van der Waals surface area (Å²) in [4.78, 5) is 25.3. The molecule has 1 amide bonds. The second-order valence-corrected chi connectivity index (χ2v) is 9.13. The van der Waals surface area contributed by atoms with E-state index in [0.717, 1.165) is 16.3 Å².